The molecule has 38 valence electrons. The summed E-state index contributed by atoms with van der Waals surface area (Å²) >= 11 is 0. The van der Waals surface area contributed by atoms with E-state index in [1.54, 1.807) is 0 Å². The van der Waals surface area contributed by atoms with Crippen LogP contribution in [0, 0.1) is 0 Å². The lowest BCUT2D eigenvalue weighted by Gasteiger charge is -2.02. The van der Waals surface area contributed by atoms with Crippen molar-refractivity contribution in [2.75, 3.05) is 6.98 Å². The van der Waals surface area contributed by atoms with Gasteiger partial charge < -0.3 is 5.32 Å². The van der Waals surface area contributed by atoms with Gasteiger partial charge in [0.15, 0.2) is 0 Å². The lowest BCUT2D eigenvalue weighted by atomic mass is 10.3. The summed E-state index contributed by atoms with van der Waals surface area (Å²) in [4.78, 5) is 0. The van der Waals surface area contributed by atoms with Gasteiger partial charge in [-0.15, -0.1) is 0 Å². The third-order valence-electron chi connectivity index (χ3n) is 0.859. The lowest BCUT2D eigenvalue weighted by Crippen LogP contribution is -2.19. The van der Waals surface area contributed by atoms with E-state index >= 15 is 0 Å². The molecule has 0 spiro atoms. The molecule has 1 N–H and O–H groups in total. The van der Waals surface area contributed by atoms with Crippen LogP contribution < -0.4 is 5.32 Å². The number of nitrogens with one attached hydrogen (secondary N) is 1. The zero-order valence-corrected chi connectivity index (χ0v) is 4.28. The standard InChI is InChI=1S/C5H13N/c1-4-5(2)6-3/h5-6H,4H2,1-3H3/i3D3. The minimum absolute atomic E-state index is 0.0810. The van der Waals surface area contributed by atoms with Crippen molar-refractivity contribution in [2.24, 2.45) is 0 Å². The van der Waals surface area contributed by atoms with Crippen molar-refractivity contribution in [3.05, 3.63) is 0 Å². The monoisotopic (exact) mass is 90.1 g/mol. The van der Waals surface area contributed by atoms with Gasteiger partial charge in [-0.25, -0.2) is 0 Å². The molecule has 1 atom stereocenters. The van der Waals surface area contributed by atoms with E-state index in [9.17, 15) is 0 Å². The SMILES string of the molecule is [2H]C([2H])([2H])NC(C)CC. The fraction of sp³-hybridized carbons (Fsp3) is 1.00. The van der Waals surface area contributed by atoms with Gasteiger partial charge in [-0.2, -0.15) is 0 Å². The van der Waals surface area contributed by atoms with E-state index in [4.69, 9.17) is 4.11 Å². The molecule has 0 aliphatic carbocycles. The molecule has 0 saturated heterocycles. The second-order valence-electron chi connectivity index (χ2n) is 1.45. The summed E-state index contributed by atoms with van der Waals surface area (Å²) in [6.07, 6.45) is 0.846. The van der Waals surface area contributed by atoms with Crippen molar-refractivity contribution >= 4 is 0 Å². The first-order chi connectivity index (χ1) is 3.95. The summed E-state index contributed by atoms with van der Waals surface area (Å²) in [6, 6.07) is 0.0810. The Labute approximate surface area is 44.0 Å². The van der Waals surface area contributed by atoms with Crippen LogP contribution in [0.15, 0.2) is 0 Å². The van der Waals surface area contributed by atoms with Crippen LogP contribution in [-0.4, -0.2) is 13.0 Å². The first-order valence-electron chi connectivity index (χ1n) is 3.73. The van der Waals surface area contributed by atoms with Gasteiger partial charge in [0.05, 0.1) is 0 Å². The highest BCUT2D eigenvalue weighted by molar-refractivity contribution is 4.49. The molecule has 0 saturated carbocycles. The molecule has 0 aromatic carbocycles. The molecule has 0 amide bonds. The summed E-state index contributed by atoms with van der Waals surface area (Å²) in [5.41, 5.74) is 0. The van der Waals surface area contributed by atoms with Crippen molar-refractivity contribution in [1.29, 1.82) is 0 Å². The van der Waals surface area contributed by atoms with Gasteiger partial charge in [-0.1, -0.05) is 6.92 Å². The zero-order valence-electron chi connectivity index (χ0n) is 7.28. The topological polar surface area (TPSA) is 12.0 Å². The molecule has 0 aliphatic rings. The summed E-state index contributed by atoms with van der Waals surface area (Å²) in [5.74, 6) is 0. The highest BCUT2D eigenvalue weighted by Gasteiger charge is 1.86. The third kappa shape index (κ3) is 2.21. The first kappa shape index (κ1) is 2.31. The molecule has 1 heteroatoms. The van der Waals surface area contributed by atoms with Crippen LogP contribution >= 0.6 is 0 Å². The Hall–Kier alpha value is -0.0400. The zero-order chi connectivity index (χ0) is 7.49. The van der Waals surface area contributed by atoms with Crippen LogP contribution in [0.25, 0.3) is 0 Å². The van der Waals surface area contributed by atoms with E-state index in [0.717, 1.165) is 6.42 Å². The number of hydrogen-bond donors (Lipinski definition) is 1. The Morgan fingerprint density at radius 2 is 2.67 bits per heavy atom. The molecular formula is C5H13N. The van der Waals surface area contributed by atoms with Gasteiger partial charge in [-0.05, 0) is 20.3 Å². The Morgan fingerprint density at radius 1 is 2.00 bits per heavy atom. The highest BCUT2D eigenvalue weighted by Crippen LogP contribution is 1.82. The highest BCUT2D eigenvalue weighted by atomic mass is 14.8. The summed E-state index contributed by atoms with van der Waals surface area (Å²) in [6.45, 7) is 1.82. The normalized spacial score (nSPS) is 24.0. The molecule has 0 bridgehead atoms. The van der Waals surface area contributed by atoms with Crippen LogP contribution in [-0.2, 0) is 0 Å². The molecule has 0 fully saturated rings. The molecule has 0 rings (SSSR count). The average Bonchev–Trinajstić information content (AvgIpc) is 1.62. The molecule has 6 heavy (non-hydrogen) atoms. The van der Waals surface area contributed by atoms with Gasteiger partial charge in [0.1, 0.15) is 0 Å². The molecule has 1 unspecified atom stereocenters. The second-order valence-corrected chi connectivity index (χ2v) is 1.45. The van der Waals surface area contributed by atoms with Gasteiger partial charge in [0.25, 0.3) is 0 Å². The Bertz CT molecular complexity index is 78.8. The van der Waals surface area contributed by atoms with Crippen LogP contribution in [0.4, 0.5) is 0 Å². The van der Waals surface area contributed by atoms with Crippen LogP contribution in [0.5, 0.6) is 0 Å². The molecule has 0 heterocycles. The second kappa shape index (κ2) is 3.16. The first-order valence-corrected chi connectivity index (χ1v) is 2.23. The largest absolute Gasteiger partial charge is 0.317 e. The summed E-state index contributed by atoms with van der Waals surface area (Å²) in [7, 11) is 0. The summed E-state index contributed by atoms with van der Waals surface area (Å²) in [5, 5.41) is 2.47. The maximum atomic E-state index is 6.79. The quantitative estimate of drug-likeness (QED) is 0.533. The smallest absolute Gasteiger partial charge is 0.0391 e. The Balaban J connectivity index is 3.47. The fourth-order valence-corrected chi connectivity index (χ4v) is 0.102. The van der Waals surface area contributed by atoms with Crippen LogP contribution in [0.1, 0.15) is 24.4 Å². The van der Waals surface area contributed by atoms with Crippen molar-refractivity contribution in [1.82, 2.24) is 5.32 Å². The molecular weight excluding hydrogens is 74.1 g/mol. The Kier molecular flexibility index (Phi) is 1.22. The van der Waals surface area contributed by atoms with Crippen LogP contribution in [0.2, 0.25) is 0 Å². The molecule has 0 radical (unpaired) electrons. The number of rotatable bonds is 2. The van der Waals surface area contributed by atoms with Gasteiger partial charge in [0.2, 0.25) is 0 Å². The fourth-order valence-electron chi connectivity index (χ4n) is 0.102. The van der Waals surface area contributed by atoms with E-state index in [1.165, 1.54) is 0 Å². The van der Waals surface area contributed by atoms with E-state index in [2.05, 4.69) is 5.32 Å². The predicted octanol–water partition coefficient (Wildman–Crippen LogP) is 1.00. The molecule has 0 aromatic rings. The summed E-state index contributed by atoms with van der Waals surface area (Å²) < 4.78 is 20.4. The van der Waals surface area contributed by atoms with Gasteiger partial charge in [-0.3, -0.25) is 0 Å². The maximum absolute atomic E-state index is 6.79. The van der Waals surface area contributed by atoms with E-state index < -0.39 is 6.98 Å². The average molecular weight is 90.2 g/mol. The predicted molar refractivity (Wildman–Crippen MR) is 28.8 cm³/mol. The molecule has 0 aliphatic heterocycles. The van der Waals surface area contributed by atoms with E-state index in [-0.39, 0.29) is 6.04 Å². The van der Waals surface area contributed by atoms with Crippen molar-refractivity contribution in [2.45, 2.75) is 26.3 Å². The van der Waals surface area contributed by atoms with E-state index in [0.29, 0.717) is 0 Å². The minimum Gasteiger partial charge on any atom is -0.317 e. The molecule has 0 aromatic heterocycles. The third-order valence-corrected chi connectivity index (χ3v) is 0.859. The Morgan fingerprint density at radius 3 is 2.83 bits per heavy atom. The van der Waals surface area contributed by atoms with Gasteiger partial charge in [0, 0.05) is 10.2 Å². The van der Waals surface area contributed by atoms with Crippen molar-refractivity contribution in [3.8, 4) is 0 Å². The van der Waals surface area contributed by atoms with E-state index in [1.807, 2.05) is 13.8 Å². The van der Waals surface area contributed by atoms with Crippen molar-refractivity contribution in [3.63, 3.8) is 0 Å². The molecule has 1 nitrogen and oxygen atoms in total. The van der Waals surface area contributed by atoms with Gasteiger partial charge >= 0.3 is 0 Å². The lowest BCUT2D eigenvalue weighted by molar-refractivity contribution is 0.593. The maximum Gasteiger partial charge on any atom is 0.0391 e. The number of hydrogen-bond acceptors (Lipinski definition) is 1. The van der Waals surface area contributed by atoms with Crippen LogP contribution in [0.3, 0.4) is 0 Å². The minimum atomic E-state index is -1.98. The van der Waals surface area contributed by atoms with Crippen molar-refractivity contribution < 1.29 is 4.11 Å².